The summed E-state index contributed by atoms with van der Waals surface area (Å²) in [6.07, 6.45) is 3.90. The zero-order valence-electron chi connectivity index (χ0n) is 13.2. The summed E-state index contributed by atoms with van der Waals surface area (Å²) >= 11 is 0. The lowest BCUT2D eigenvalue weighted by Crippen LogP contribution is -2.37. The number of rotatable bonds is 6. The molecule has 0 aromatic rings. The van der Waals surface area contributed by atoms with E-state index in [2.05, 4.69) is 17.1 Å². The van der Waals surface area contributed by atoms with E-state index in [1.807, 2.05) is 0 Å². The van der Waals surface area contributed by atoms with Gasteiger partial charge in [-0.2, -0.15) is 0 Å². The molecule has 7 heteroatoms. The highest BCUT2D eigenvalue weighted by Gasteiger charge is 2.18. The third kappa shape index (κ3) is 9.01. The molecule has 1 heterocycles. The van der Waals surface area contributed by atoms with E-state index >= 15 is 0 Å². The fraction of sp³-hybridized carbons (Fsp3) is 0.786. The first-order chi connectivity index (χ1) is 9.92. The van der Waals surface area contributed by atoms with Crippen LogP contribution in [0.5, 0.6) is 0 Å². The molecule has 0 aromatic heterocycles. The van der Waals surface area contributed by atoms with Crippen molar-refractivity contribution in [2.45, 2.75) is 38.6 Å². The smallest absolute Gasteiger partial charge is 0.290 e. The molecular weight excluding hydrogens is 274 g/mol. The van der Waals surface area contributed by atoms with E-state index in [-0.39, 0.29) is 24.8 Å². The van der Waals surface area contributed by atoms with E-state index in [0.29, 0.717) is 12.5 Å². The van der Waals surface area contributed by atoms with Crippen molar-refractivity contribution in [2.24, 2.45) is 0 Å². The van der Waals surface area contributed by atoms with Crippen molar-refractivity contribution in [1.82, 2.24) is 15.1 Å². The summed E-state index contributed by atoms with van der Waals surface area (Å²) in [7, 11) is 3.37. The third-order valence-electron chi connectivity index (χ3n) is 3.49. The quantitative estimate of drug-likeness (QED) is 0.682. The highest BCUT2D eigenvalue weighted by Crippen LogP contribution is 2.14. The molecule has 7 nitrogen and oxygen atoms in total. The van der Waals surface area contributed by atoms with Crippen molar-refractivity contribution in [2.75, 3.05) is 33.7 Å². The molecule has 1 rings (SSSR count). The summed E-state index contributed by atoms with van der Waals surface area (Å²) in [6.45, 7) is 4.33. The molecule has 0 spiro atoms. The maximum Gasteiger partial charge on any atom is 0.290 e. The van der Waals surface area contributed by atoms with Crippen molar-refractivity contribution in [3.8, 4) is 0 Å². The number of carboxylic acid groups (broad SMARTS) is 1. The molecule has 1 atom stereocenters. The molecule has 2 amide bonds. The van der Waals surface area contributed by atoms with Gasteiger partial charge in [0.25, 0.3) is 6.47 Å². The Morgan fingerprint density at radius 1 is 1.33 bits per heavy atom. The highest BCUT2D eigenvalue weighted by atomic mass is 16.3. The number of likely N-dealkylation sites (tertiary alicyclic amines) is 1. The Kier molecular flexibility index (Phi) is 10.2. The normalized spacial score (nSPS) is 15.6. The molecule has 0 radical (unpaired) electrons. The van der Waals surface area contributed by atoms with Crippen LogP contribution in [0.1, 0.15) is 32.6 Å². The Bertz CT molecular complexity index is 328. The van der Waals surface area contributed by atoms with Gasteiger partial charge >= 0.3 is 0 Å². The van der Waals surface area contributed by atoms with E-state index in [0.717, 1.165) is 19.5 Å². The summed E-state index contributed by atoms with van der Waals surface area (Å²) in [5, 5.41) is 9.55. The molecule has 0 aromatic carbocycles. The SMILES string of the molecule is CC(CCC(=O)NCC(=O)N(C)C)N1CCCC1.O=CO. The van der Waals surface area contributed by atoms with E-state index in [1.165, 1.54) is 17.7 Å². The van der Waals surface area contributed by atoms with Crippen molar-refractivity contribution in [3.63, 3.8) is 0 Å². The van der Waals surface area contributed by atoms with E-state index in [4.69, 9.17) is 9.90 Å². The largest absolute Gasteiger partial charge is 0.483 e. The van der Waals surface area contributed by atoms with Crippen molar-refractivity contribution < 1.29 is 19.5 Å². The van der Waals surface area contributed by atoms with Crippen LogP contribution in [0.4, 0.5) is 0 Å². The van der Waals surface area contributed by atoms with Crippen LogP contribution in [-0.4, -0.2) is 73.0 Å². The van der Waals surface area contributed by atoms with Crippen LogP contribution in [-0.2, 0) is 14.4 Å². The lowest BCUT2D eigenvalue weighted by Gasteiger charge is -2.23. The fourth-order valence-corrected chi connectivity index (χ4v) is 2.13. The fourth-order valence-electron chi connectivity index (χ4n) is 2.13. The molecule has 1 unspecified atom stereocenters. The van der Waals surface area contributed by atoms with Crippen LogP contribution in [0.2, 0.25) is 0 Å². The summed E-state index contributed by atoms with van der Waals surface area (Å²) in [5.41, 5.74) is 0. The second-order valence-corrected chi connectivity index (χ2v) is 5.30. The van der Waals surface area contributed by atoms with Gasteiger partial charge in [-0.15, -0.1) is 0 Å². The van der Waals surface area contributed by atoms with Crippen LogP contribution < -0.4 is 5.32 Å². The van der Waals surface area contributed by atoms with Crippen LogP contribution in [0.15, 0.2) is 0 Å². The van der Waals surface area contributed by atoms with Crippen molar-refractivity contribution >= 4 is 18.3 Å². The van der Waals surface area contributed by atoms with Gasteiger partial charge in [-0.05, 0) is 39.3 Å². The predicted octanol–water partition coefficient (Wildman–Crippen LogP) is 0.156. The maximum atomic E-state index is 11.6. The number of hydrogen-bond donors (Lipinski definition) is 2. The van der Waals surface area contributed by atoms with E-state index in [9.17, 15) is 9.59 Å². The monoisotopic (exact) mass is 301 g/mol. The average Bonchev–Trinajstić information content (AvgIpc) is 2.97. The number of nitrogens with one attached hydrogen (secondary N) is 1. The Morgan fingerprint density at radius 3 is 2.33 bits per heavy atom. The first kappa shape index (κ1) is 19.4. The lowest BCUT2D eigenvalue weighted by atomic mass is 10.1. The molecule has 1 saturated heterocycles. The molecule has 0 aliphatic carbocycles. The summed E-state index contributed by atoms with van der Waals surface area (Å²) in [5.74, 6) is -0.104. The van der Waals surface area contributed by atoms with Crippen LogP contribution in [0, 0.1) is 0 Å². The van der Waals surface area contributed by atoms with Crippen LogP contribution >= 0.6 is 0 Å². The molecule has 1 aliphatic rings. The molecule has 0 bridgehead atoms. The zero-order chi connectivity index (χ0) is 16.3. The van der Waals surface area contributed by atoms with Gasteiger partial charge in [-0.3, -0.25) is 14.4 Å². The summed E-state index contributed by atoms with van der Waals surface area (Å²) < 4.78 is 0. The van der Waals surface area contributed by atoms with Gasteiger partial charge in [0, 0.05) is 26.6 Å². The Labute approximate surface area is 126 Å². The standard InChI is InChI=1S/C13H25N3O2.CH2O2/c1-11(16-8-4-5-9-16)6-7-12(17)14-10-13(18)15(2)3;2-1-3/h11H,4-10H2,1-3H3,(H,14,17);1H,(H,2,3). The maximum absolute atomic E-state index is 11.6. The number of carbonyl (C=O) groups excluding carboxylic acids is 2. The Balaban J connectivity index is 0.00000122. The van der Waals surface area contributed by atoms with Gasteiger partial charge < -0.3 is 20.2 Å². The van der Waals surface area contributed by atoms with Gasteiger partial charge in [-0.1, -0.05) is 0 Å². The van der Waals surface area contributed by atoms with E-state index < -0.39 is 0 Å². The number of hydrogen-bond acceptors (Lipinski definition) is 4. The third-order valence-corrected chi connectivity index (χ3v) is 3.49. The second kappa shape index (κ2) is 11.1. The average molecular weight is 301 g/mol. The van der Waals surface area contributed by atoms with Gasteiger partial charge in [0.05, 0.1) is 6.54 Å². The zero-order valence-corrected chi connectivity index (χ0v) is 13.2. The highest BCUT2D eigenvalue weighted by molar-refractivity contribution is 5.84. The molecule has 122 valence electrons. The minimum absolute atomic E-state index is 0.0313. The first-order valence-electron chi connectivity index (χ1n) is 7.21. The summed E-state index contributed by atoms with van der Waals surface area (Å²) in [6, 6.07) is 0.461. The minimum atomic E-state index is -0.250. The number of nitrogens with zero attached hydrogens (tertiary/aromatic N) is 2. The minimum Gasteiger partial charge on any atom is -0.483 e. The lowest BCUT2D eigenvalue weighted by molar-refractivity contribution is -0.131. The van der Waals surface area contributed by atoms with Gasteiger partial charge in [0.2, 0.25) is 11.8 Å². The molecular formula is C14H27N3O4. The molecule has 1 fully saturated rings. The van der Waals surface area contributed by atoms with E-state index in [1.54, 1.807) is 14.1 Å². The summed E-state index contributed by atoms with van der Waals surface area (Å²) in [4.78, 5) is 35.2. The first-order valence-corrected chi connectivity index (χ1v) is 7.21. The molecule has 1 aliphatic heterocycles. The van der Waals surface area contributed by atoms with Gasteiger partial charge in [0.1, 0.15) is 0 Å². The van der Waals surface area contributed by atoms with Crippen LogP contribution in [0.3, 0.4) is 0 Å². The van der Waals surface area contributed by atoms with Crippen molar-refractivity contribution in [1.29, 1.82) is 0 Å². The number of likely N-dealkylation sites (N-methyl/N-ethyl adjacent to an activating group) is 1. The molecule has 21 heavy (non-hydrogen) atoms. The second-order valence-electron chi connectivity index (χ2n) is 5.30. The van der Waals surface area contributed by atoms with Gasteiger partial charge in [0.15, 0.2) is 0 Å². The number of carbonyl (C=O) groups is 3. The van der Waals surface area contributed by atoms with Gasteiger partial charge in [-0.25, -0.2) is 0 Å². The Hall–Kier alpha value is -1.63. The molecule has 2 N–H and O–H groups in total. The van der Waals surface area contributed by atoms with Crippen molar-refractivity contribution in [3.05, 3.63) is 0 Å². The number of amides is 2. The predicted molar refractivity (Wildman–Crippen MR) is 79.9 cm³/mol. The van der Waals surface area contributed by atoms with Crippen LogP contribution in [0.25, 0.3) is 0 Å². The Morgan fingerprint density at radius 2 is 1.86 bits per heavy atom. The molecule has 0 saturated carbocycles. The topological polar surface area (TPSA) is 90.0 Å².